The highest BCUT2D eigenvalue weighted by Crippen LogP contribution is 2.19. The summed E-state index contributed by atoms with van der Waals surface area (Å²) in [7, 11) is 0. The van der Waals surface area contributed by atoms with Gasteiger partial charge in [-0.15, -0.1) is 0 Å². The minimum atomic E-state index is -0.586. The summed E-state index contributed by atoms with van der Waals surface area (Å²) >= 11 is 0. The lowest BCUT2D eigenvalue weighted by Crippen LogP contribution is -2.17. The van der Waals surface area contributed by atoms with E-state index in [0.717, 1.165) is 5.56 Å². The van der Waals surface area contributed by atoms with Crippen LogP contribution in [0, 0.1) is 5.82 Å². The second-order valence-electron chi connectivity index (χ2n) is 4.61. The Morgan fingerprint density at radius 3 is 2.40 bits per heavy atom. The molecule has 0 aliphatic carbocycles. The fourth-order valence-electron chi connectivity index (χ4n) is 2.08. The van der Waals surface area contributed by atoms with Gasteiger partial charge in [0.2, 0.25) is 0 Å². The van der Waals surface area contributed by atoms with E-state index in [0.29, 0.717) is 18.4 Å². The number of pyridine rings is 1. The number of aliphatic hydroxyl groups is 1. The maximum atomic E-state index is 12.9. The molecule has 2 rings (SSSR count). The number of hydrogen-bond acceptors (Lipinski definition) is 3. The highest BCUT2D eigenvalue weighted by molar-refractivity contribution is 5.86. The van der Waals surface area contributed by atoms with Gasteiger partial charge in [0.1, 0.15) is 11.6 Å². The number of ketones is 1. The van der Waals surface area contributed by atoms with Crippen molar-refractivity contribution in [3.8, 4) is 0 Å². The monoisotopic (exact) mass is 273 g/mol. The Hall–Kier alpha value is -2.07. The number of nitrogens with zero attached hydrogens (tertiary/aromatic N) is 1. The van der Waals surface area contributed by atoms with Crippen LogP contribution in [-0.4, -0.2) is 22.5 Å². The maximum absolute atomic E-state index is 12.9. The predicted octanol–water partition coefficient (Wildman–Crippen LogP) is 2.50. The van der Waals surface area contributed by atoms with Gasteiger partial charge in [-0.3, -0.25) is 9.78 Å². The zero-order chi connectivity index (χ0) is 14.4. The molecule has 1 heterocycles. The lowest BCUT2D eigenvalue weighted by Gasteiger charge is -2.13. The maximum Gasteiger partial charge on any atom is 0.142 e. The molecule has 0 spiro atoms. The van der Waals surface area contributed by atoms with Gasteiger partial charge in [-0.25, -0.2) is 4.39 Å². The number of halogens is 1. The molecule has 0 saturated heterocycles. The van der Waals surface area contributed by atoms with Crippen molar-refractivity contribution in [3.63, 3.8) is 0 Å². The van der Waals surface area contributed by atoms with Crippen molar-refractivity contribution in [2.24, 2.45) is 0 Å². The summed E-state index contributed by atoms with van der Waals surface area (Å²) in [6.07, 6.45) is 4.32. The van der Waals surface area contributed by atoms with Crippen molar-refractivity contribution >= 4 is 5.78 Å². The van der Waals surface area contributed by atoms with Crippen molar-refractivity contribution in [1.82, 2.24) is 4.98 Å². The third-order valence-electron chi connectivity index (χ3n) is 3.25. The molecule has 0 radical (unpaired) electrons. The lowest BCUT2D eigenvalue weighted by molar-refractivity contribution is -0.121. The average molecular weight is 273 g/mol. The number of aromatic nitrogens is 1. The Labute approximate surface area is 117 Å². The third kappa shape index (κ3) is 3.71. The smallest absolute Gasteiger partial charge is 0.142 e. The summed E-state index contributed by atoms with van der Waals surface area (Å²) in [5.41, 5.74) is 1.68. The molecular formula is C16H16FNO2. The molecule has 2 aromatic rings. The second kappa shape index (κ2) is 6.91. The molecule has 3 nitrogen and oxygen atoms in total. The summed E-state index contributed by atoms with van der Waals surface area (Å²) in [6.45, 7) is -0.263. The molecular weight excluding hydrogens is 257 g/mol. The Bertz CT molecular complexity index is 554. The molecule has 0 saturated carbocycles. The normalized spacial score (nSPS) is 12.1. The molecule has 0 aliphatic heterocycles. The van der Waals surface area contributed by atoms with Gasteiger partial charge in [0, 0.05) is 18.8 Å². The number of hydrogen-bond donors (Lipinski definition) is 1. The van der Waals surface area contributed by atoms with Crippen LogP contribution in [0.2, 0.25) is 0 Å². The zero-order valence-electron chi connectivity index (χ0n) is 11.0. The summed E-state index contributed by atoms with van der Waals surface area (Å²) in [5.74, 6) is -0.983. The van der Waals surface area contributed by atoms with Crippen molar-refractivity contribution in [1.29, 1.82) is 0 Å². The molecule has 0 bridgehead atoms. The van der Waals surface area contributed by atoms with E-state index in [1.165, 1.54) is 12.1 Å². The van der Waals surface area contributed by atoms with Crippen LogP contribution in [0.3, 0.4) is 0 Å². The predicted molar refractivity (Wildman–Crippen MR) is 73.8 cm³/mol. The van der Waals surface area contributed by atoms with Crippen LogP contribution < -0.4 is 0 Å². The molecule has 0 aliphatic rings. The van der Waals surface area contributed by atoms with E-state index in [-0.39, 0.29) is 18.2 Å². The van der Waals surface area contributed by atoms with E-state index < -0.39 is 5.92 Å². The summed E-state index contributed by atoms with van der Waals surface area (Å²) in [6, 6.07) is 9.40. The van der Waals surface area contributed by atoms with Gasteiger partial charge in [-0.1, -0.05) is 12.1 Å². The number of rotatable bonds is 6. The van der Waals surface area contributed by atoms with Crippen LogP contribution in [0.25, 0.3) is 0 Å². The van der Waals surface area contributed by atoms with Crippen molar-refractivity contribution in [3.05, 3.63) is 65.7 Å². The van der Waals surface area contributed by atoms with Crippen LogP contribution in [0.15, 0.2) is 48.8 Å². The lowest BCUT2D eigenvalue weighted by atomic mass is 9.92. The van der Waals surface area contributed by atoms with Gasteiger partial charge in [-0.2, -0.15) is 0 Å². The largest absolute Gasteiger partial charge is 0.395 e. The zero-order valence-corrected chi connectivity index (χ0v) is 11.0. The Balaban J connectivity index is 2.00. The van der Waals surface area contributed by atoms with E-state index in [4.69, 9.17) is 0 Å². The molecule has 1 atom stereocenters. The van der Waals surface area contributed by atoms with Crippen molar-refractivity contribution in [2.75, 3.05) is 6.61 Å². The van der Waals surface area contributed by atoms with Crippen LogP contribution in [0.4, 0.5) is 4.39 Å². The van der Waals surface area contributed by atoms with Gasteiger partial charge in [0.25, 0.3) is 0 Å². The van der Waals surface area contributed by atoms with Crippen molar-refractivity contribution in [2.45, 2.75) is 18.8 Å². The third-order valence-corrected chi connectivity index (χ3v) is 3.25. The molecule has 1 aromatic heterocycles. The number of benzene rings is 1. The Morgan fingerprint density at radius 2 is 1.80 bits per heavy atom. The van der Waals surface area contributed by atoms with Crippen LogP contribution >= 0.6 is 0 Å². The number of aliphatic hydroxyl groups excluding tert-OH is 1. The first-order chi connectivity index (χ1) is 9.70. The topological polar surface area (TPSA) is 50.2 Å². The first kappa shape index (κ1) is 14.3. The standard InChI is InChI=1S/C16H16FNO2/c17-14-4-2-13(3-5-14)15(11-19)16(20)6-1-12-7-9-18-10-8-12/h2-5,7-10,15,19H,1,6,11H2. The minimum absolute atomic E-state index is 0.0454. The number of aryl methyl sites for hydroxylation is 1. The minimum Gasteiger partial charge on any atom is -0.395 e. The number of Topliss-reactive ketones (excluding diaryl/α,β-unsaturated/α-hetero) is 1. The average Bonchev–Trinajstić information content (AvgIpc) is 2.49. The molecule has 1 unspecified atom stereocenters. The second-order valence-corrected chi connectivity index (χ2v) is 4.61. The van der Waals surface area contributed by atoms with Crippen LogP contribution in [0.1, 0.15) is 23.5 Å². The first-order valence-electron chi connectivity index (χ1n) is 6.48. The molecule has 104 valence electrons. The Morgan fingerprint density at radius 1 is 1.15 bits per heavy atom. The van der Waals surface area contributed by atoms with Gasteiger partial charge >= 0.3 is 0 Å². The molecule has 0 amide bonds. The molecule has 1 aromatic carbocycles. The van der Waals surface area contributed by atoms with Gasteiger partial charge in [-0.05, 0) is 41.8 Å². The summed E-state index contributed by atoms with van der Waals surface area (Å²) in [5, 5.41) is 9.39. The number of carbonyl (C=O) groups is 1. The quantitative estimate of drug-likeness (QED) is 0.879. The molecule has 4 heteroatoms. The van der Waals surface area contributed by atoms with E-state index in [1.54, 1.807) is 24.5 Å². The highest BCUT2D eigenvalue weighted by atomic mass is 19.1. The highest BCUT2D eigenvalue weighted by Gasteiger charge is 2.19. The van der Waals surface area contributed by atoms with E-state index in [9.17, 15) is 14.3 Å². The van der Waals surface area contributed by atoms with Crippen LogP contribution in [0.5, 0.6) is 0 Å². The van der Waals surface area contributed by atoms with E-state index in [1.807, 2.05) is 12.1 Å². The number of carbonyl (C=O) groups excluding carboxylic acids is 1. The summed E-state index contributed by atoms with van der Waals surface area (Å²) < 4.78 is 12.9. The van der Waals surface area contributed by atoms with Gasteiger partial charge in [0.15, 0.2) is 0 Å². The van der Waals surface area contributed by atoms with E-state index >= 15 is 0 Å². The van der Waals surface area contributed by atoms with Crippen molar-refractivity contribution < 1.29 is 14.3 Å². The van der Waals surface area contributed by atoms with Crippen LogP contribution in [-0.2, 0) is 11.2 Å². The fourth-order valence-corrected chi connectivity index (χ4v) is 2.08. The first-order valence-corrected chi connectivity index (χ1v) is 6.48. The SMILES string of the molecule is O=C(CCc1ccncc1)C(CO)c1ccc(F)cc1. The van der Waals surface area contributed by atoms with Gasteiger partial charge in [0.05, 0.1) is 12.5 Å². The molecule has 0 fully saturated rings. The van der Waals surface area contributed by atoms with Gasteiger partial charge < -0.3 is 5.11 Å². The fraction of sp³-hybridized carbons (Fsp3) is 0.250. The Kier molecular flexibility index (Phi) is 4.96. The molecule has 20 heavy (non-hydrogen) atoms. The molecule has 1 N–H and O–H groups in total. The summed E-state index contributed by atoms with van der Waals surface area (Å²) in [4.78, 5) is 16.1. The van der Waals surface area contributed by atoms with E-state index in [2.05, 4.69) is 4.98 Å².